The Labute approximate surface area is 169 Å². The van der Waals surface area contributed by atoms with E-state index >= 15 is 0 Å². The average molecular weight is 391 g/mol. The predicted molar refractivity (Wildman–Crippen MR) is 114 cm³/mol. The van der Waals surface area contributed by atoms with Crippen molar-refractivity contribution in [3.8, 4) is 11.1 Å². The molecule has 3 aromatic rings. The smallest absolute Gasteiger partial charge is 0.254 e. The first-order chi connectivity index (χ1) is 14.1. The molecule has 0 radical (unpaired) electrons. The fourth-order valence-electron chi connectivity index (χ4n) is 3.65. The van der Waals surface area contributed by atoms with Gasteiger partial charge in [0.1, 0.15) is 11.4 Å². The molecule has 0 spiro atoms. The Morgan fingerprint density at radius 3 is 2.79 bits per heavy atom. The van der Waals surface area contributed by atoms with Gasteiger partial charge in [0.25, 0.3) is 5.91 Å². The highest BCUT2D eigenvalue weighted by Gasteiger charge is 2.23. The maximum absolute atomic E-state index is 11.9. The Balaban J connectivity index is 1.60. The van der Waals surface area contributed by atoms with Crippen LogP contribution in [0.25, 0.3) is 11.1 Å². The molecule has 8 nitrogen and oxygen atoms in total. The van der Waals surface area contributed by atoms with Gasteiger partial charge in [-0.15, -0.1) is 0 Å². The average Bonchev–Trinajstić information content (AvgIpc) is 3.25. The number of carbonyl (C=O) groups is 1. The highest BCUT2D eigenvalue weighted by atomic mass is 16.1. The van der Waals surface area contributed by atoms with Crippen molar-refractivity contribution >= 4 is 23.4 Å². The summed E-state index contributed by atoms with van der Waals surface area (Å²) in [6, 6.07) is 10.0. The maximum atomic E-state index is 11.9. The van der Waals surface area contributed by atoms with Crippen LogP contribution < -0.4 is 22.1 Å². The van der Waals surface area contributed by atoms with Gasteiger partial charge >= 0.3 is 0 Å². The van der Waals surface area contributed by atoms with E-state index in [4.69, 9.17) is 11.5 Å². The zero-order chi connectivity index (χ0) is 20.2. The molecule has 29 heavy (non-hydrogen) atoms. The SMILES string of the molecule is NC(=O)c1cnc(N[C@@H]2CCCC[C@@H]2N)nc1Nc1cccc(-c2cc[nH]c2)c1. The standard InChI is InChI=1S/C21H25N7O/c22-17-6-1-2-7-18(17)27-21-25-12-16(19(23)29)20(28-21)26-15-5-3-4-13(10-15)14-8-9-24-11-14/h3-5,8-12,17-18,24H,1-2,6-7,22H2,(H2,23,29)(H2,25,26,27,28)/t17-,18+/m0/s1. The summed E-state index contributed by atoms with van der Waals surface area (Å²) in [6.07, 6.45) is 9.47. The van der Waals surface area contributed by atoms with Gasteiger partial charge in [-0.1, -0.05) is 25.0 Å². The largest absolute Gasteiger partial charge is 0.367 e. The summed E-state index contributed by atoms with van der Waals surface area (Å²) >= 11 is 0. The summed E-state index contributed by atoms with van der Waals surface area (Å²) in [5, 5.41) is 6.52. The van der Waals surface area contributed by atoms with Crippen molar-refractivity contribution < 1.29 is 4.79 Å². The molecule has 8 heteroatoms. The summed E-state index contributed by atoms with van der Waals surface area (Å²) < 4.78 is 0. The molecule has 2 aromatic heterocycles. The Bertz CT molecular complexity index is 986. The number of H-pyrrole nitrogens is 1. The van der Waals surface area contributed by atoms with Crippen LogP contribution in [0.5, 0.6) is 0 Å². The van der Waals surface area contributed by atoms with E-state index in [1.54, 1.807) is 0 Å². The van der Waals surface area contributed by atoms with Gasteiger partial charge in [-0.25, -0.2) is 4.98 Å². The van der Waals surface area contributed by atoms with Crippen LogP contribution in [0.2, 0.25) is 0 Å². The molecule has 7 N–H and O–H groups in total. The first kappa shape index (κ1) is 18.9. The van der Waals surface area contributed by atoms with E-state index in [1.165, 1.54) is 6.20 Å². The molecule has 4 rings (SSSR count). The van der Waals surface area contributed by atoms with E-state index in [1.807, 2.05) is 42.7 Å². The van der Waals surface area contributed by atoms with Gasteiger partial charge in [0, 0.05) is 36.4 Å². The summed E-state index contributed by atoms with van der Waals surface area (Å²) in [7, 11) is 0. The monoisotopic (exact) mass is 391 g/mol. The van der Waals surface area contributed by atoms with Gasteiger partial charge in [-0.3, -0.25) is 4.79 Å². The van der Waals surface area contributed by atoms with Crippen molar-refractivity contribution in [2.45, 2.75) is 37.8 Å². The van der Waals surface area contributed by atoms with Gasteiger partial charge in [0.15, 0.2) is 0 Å². The number of amides is 1. The summed E-state index contributed by atoms with van der Waals surface area (Å²) in [5.74, 6) is 0.211. The van der Waals surface area contributed by atoms with E-state index in [9.17, 15) is 4.79 Å². The first-order valence-corrected chi connectivity index (χ1v) is 9.79. The molecular weight excluding hydrogens is 366 g/mol. The highest BCUT2D eigenvalue weighted by molar-refractivity contribution is 5.98. The molecule has 1 aromatic carbocycles. The third kappa shape index (κ3) is 4.38. The lowest BCUT2D eigenvalue weighted by Crippen LogP contribution is -2.43. The molecule has 1 saturated carbocycles. The maximum Gasteiger partial charge on any atom is 0.254 e. The molecule has 0 unspecified atom stereocenters. The predicted octanol–water partition coefficient (Wildman–Crippen LogP) is 3.00. The molecule has 1 fully saturated rings. The first-order valence-electron chi connectivity index (χ1n) is 9.79. The number of hydrogen-bond donors (Lipinski definition) is 5. The molecule has 1 aliphatic carbocycles. The number of nitrogens with zero attached hydrogens (tertiary/aromatic N) is 2. The molecule has 2 atom stereocenters. The second-order valence-corrected chi connectivity index (χ2v) is 7.32. The van der Waals surface area contributed by atoms with E-state index in [2.05, 4.69) is 25.6 Å². The third-order valence-corrected chi connectivity index (χ3v) is 5.24. The minimum atomic E-state index is -0.588. The highest BCUT2D eigenvalue weighted by Crippen LogP contribution is 2.26. The molecule has 0 aliphatic heterocycles. The molecule has 2 heterocycles. The number of hydrogen-bond acceptors (Lipinski definition) is 6. The molecular formula is C21H25N7O. The van der Waals surface area contributed by atoms with Crippen LogP contribution in [0, 0.1) is 0 Å². The van der Waals surface area contributed by atoms with Gasteiger partial charge in [-0.2, -0.15) is 4.98 Å². The van der Waals surface area contributed by atoms with E-state index < -0.39 is 5.91 Å². The number of nitrogens with two attached hydrogens (primary N) is 2. The number of benzene rings is 1. The van der Waals surface area contributed by atoms with Crippen molar-refractivity contribution in [2.24, 2.45) is 11.5 Å². The minimum Gasteiger partial charge on any atom is -0.367 e. The number of nitrogens with one attached hydrogen (secondary N) is 3. The van der Waals surface area contributed by atoms with Crippen LogP contribution in [-0.2, 0) is 0 Å². The number of aromatic amines is 1. The third-order valence-electron chi connectivity index (χ3n) is 5.24. The zero-order valence-electron chi connectivity index (χ0n) is 16.1. The summed E-state index contributed by atoms with van der Waals surface area (Å²) in [6.45, 7) is 0. The van der Waals surface area contributed by atoms with E-state index in [-0.39, 0.29) is 17.6 Å². The molecule has 1 aliphatic rings. The number of primary amides is 1. The van der Waals surface area contributed by atoms with E-state index in [0.29, 0.717) is 11.8 Å². The van der Waals surface area contributed by atoms with Crippen LogP contribution in [0.3, 0.4) is 0 Å². The normalized spacial score (nSPS) is 18.9. The molecule has 0 bridgehead atoms. The molecule has 1 amide bonds. The van der Waals surface area contributed by atoms with Gasteiger partial charge in [0.2, 0.25) is 5.95 Å². The van der Waals surface area contributed by atoms with Crippen molar-refractivity contribution in [3.63, 3.8) is 0 Å². The van der Waals surface area contributed by atoms with Crippen molar-refractivity contribution in [3.05, 3.63) is 54.5 Å². The molecule has 150 valence electrons. The van der Waals surface area contributed by atoms with Crippen molar-refractivity contribution in [2.75, 3.05) is 10.6 Å². The van der Waals surface area contributed by atoms with Crippen LogP contribution in [0.15, 0.2) is 48.9 Å². The summed E-state index contributed by atoms with van der Waals surface area (Å²) in [5.41, 5.74) is 14.9. The topological polar surface area (TPSA) is 135 Å². The lowest BCUT2D eigenvalue weighted by Gasteiger charge is -2.29. The minimum absolute atomic E-state index is 0.0672. The number of rotatable bonds is 6. The van der Waals surface area contributed by atoms with Crippen LogP contribution in [0.4, 0.5) is 17.5 Å². The second-order valence-electron chi connectivity index (χ2n) is 7.32. The Kier molecular flexibility index (Phi) is 5.44. The lowest BCUT2D eigenvalue weighted by molar-refractivity contribution is 0.100. The quantitative estimate of drug-likeness (QED) is 0.438. The van der Waals surface area contributed by atoms with Gasteiger partial charge < -0.3 is 27.1 Å². The van der Waals surface area contributed by atoms with Gasteiger partial charge in [0.05, 0.1) is 0 Å². The second kappa shape index (κ2) is 8.32. The van der Waals surface area contributed by atoms with Crippen molar-refractivity contribution in [1.29, 1.82) is 0 Å². The van der Waals surface area contributed by atoms with E-state index in [0.717, 1.165) is 42.5 Å². The van der Waals surface area contributed by atoms with Crippen LogP contribution >= 0.6 is 0 Å². The molecule has 0 saturated heterocycles. The Morgan fingerprint density at radius 2 is 2.03 bits per heavy atom. The zero-order valence-corrected chi connectivity index (χ0v) is 16.1. The number of carbonyl (C=O) groups excluding carboxylic acids is 1. The summed E-state index contributed by atoms with van der Waals surface area (Å²) in [4.78, 5) is 23.7. The van der Waals surface area contributed by atoms with Crippen LogP contribution in [-0.4, -0.2) is 32.9 Å². The Morgan fingerprint density at radius 1 is 1.17 bits per heavy atom. The van der Waals surface area contributed by atoms with Crippen molar-refractivity contribution in [1.82, 2.24) is 15.0 Å². The Hall–Kier alpha value is -3.39. The lowest BCUT2D eigenvalue weighted by atomic mass is 9.91. The fourth-order valence-corrected chi connectivity index (χ4v) is 3.65. The number of anilines is 3. The number of aromatic nitrogens is 3. The fraction of sp³-hybridized carbons (Fsp3) is 0.286. The van der Waals surface area contributed by atoms with Gasteiger partial charge in [-0.05, 0) is 42.2 Å². The van der Waals surface area contributed by atoms with Crippen LogP contribution in [0.1, 0.15) is 36.0 Å².